The second-order valence-corrected chi connectivity index (χ2v) is 6.34. The Kier molecular flexibility index (Phi) is 4.25. The van der Waals surface area contributed by atoms with Gasteiger partial charge >= 0.3 is 0 Å². The number of amides is 1. The summed E-state index contributed by atoms with van der Waals surface area (Å²) in [6.07, 6.45) is 6.43. The van der Waals surface area contributed by atoms with E-state index >= 15 is 0 Å². The molecule has 3 N–H and O–H groups in total. The topological polar surface area (TPSA) is 73.6 Å². The molecule has 0 atom stereocenters. The summed E-state index contributed by atoms with van der Waals surface area (Å²) in [6.45, 7) is 0.434. The van der Waals surface area contributed by atoms with Crippen LogP contribution in [0.2, 0.25) is 0 Å². The van der Waals surface area contributed by atoms with Gasteiger partial charge in [0.1, 0.15) is 11.5 Å². The molecule has 0 radical (unpaired) electrons. The Morgan fingerprint density at radius 1 is 1.36 bits per heavy atom. The van der Waals surface area contributed by atoms with Crippen LogP contribution in [0.15, 0.2) is 18.2 Å². The van der Waals surface area contributed by atoms with Crippen LogP contribution >= 0.6 is 0 Å². The number of hydrogen-bond donors (Lipinski definition) is 2. The summed E-state index contributed by atoms with van der Waals surface area (Å²) in [5.41, 5.74) is 6.23. The van der Waals surface area contributed by atoms with E-state index in [1.54, 1.807) is 7.11 Å². The van der Waals surface area contributed by atoms with Crippen molar-refractivity contribution in [3.05, 3.63) is 23.8 Å². The van der Waals surface area contributed by atoms with Gasteiger partial charge in [-0.15, -0.1) is 0 Å². The molecule has 1 aromatic carbocycles. The number of methoxy groups -OCH3 is 1. The van der Waals surface area contributed by atoms with Crippen LogP contribution in [0.4, 0.5) is 0 Å². The minimum absolute atomic E-state index is 0.0739. The summed E-state index contributed by atoms with van der Waals surface area (Å²) in [4.78, 5) is 12.0. The van der Waals surface area contributed by atoms with E-state index in [4.69, 9.17) is 15.2 Å². The number of hydrogen-bond acceptors (Lipinski definition) is 4. The Morgan fingerprint density at radius 2 is 2.09 bits per heavy atom. The highest BCUT2D eigenvalue weighted by Crippen LogP contribution is 2.33. The maximum atomic E-state index is 12.0. The molecule has 0 unspecified atom stereocenters. The second-order valence-electron chi connectivity index (χ2n) is 6.34. The lowest BCUT2D eigenvalue weighted by molar-refractivity contribution is -0.123. The highest BCUT2D eigenvalue weighted by Gasteiger charge is 2.45. The monoisotopic (exact) mass is 304 g/mol. The van der Waals surface area contributed by atoms with Crippen LogP contribution in [-0.2, 0) is 11.3 Å². The van der Waals surface area contributed by atoms with E-state index in [0.717, 1.165) is 42.7 Å². The Bertz CT molecular complexity index is 549. The van der Waals surface area contributed by atoms with Gasteiger partial charge in [-0.25, -0.2) is 0 Å². The van der Waals surface area contributed by atoms with Crippen molar-refractivity contribution in [2.24, 2.45) is 5.73 Å². The van der Waals surface area contributed by atoms with Crippen molar-refractivity contribution in [3.63, 3.8) is 0 Å². The molecule has 1 amide bonds. The van der Waals surface area contributed by atoms with Gasteiger partial charge in [0.15, 0.2) is 0 Å². The lowest BCUT2D eigenvalue weighted by Crippen LogP contribution is -2.42. The maximum absolute atomic E-state index is 12.0. The molecule has 2 aliphatic carbocycles. The first kappa shape index (κ1) is 15.2. The minimum Gasteiger partial charge on any atom is -0.497 e. The third kappa shape index (κ3) is 3.35. The molecular weight excluding hydrogens is 280 g/mol. The summed E-state index contributed by atoms with van der Waals surface area (Å²) >= 11 is 0. The molecule has 22 heavy (non-hydrogen) atoms. The number of ether oxygens (including phenoxy) is 2. The third-order valence-electron chi connectivity index (χ3n) is 4.55. The number of rotatable bonds is 6. The van der Waals surface area contributed by atoms with E-state index in [2.05, 4.69) is 5.32 Å². The average molecular weight is 304 g/mol. The minimum atomic E-state index is -0.640. The van der Waals surface area contributed by atoms with Gasteiger partial charge in [0.25, 0.3) is 0 Å². The molecule has 120 valence electrons. The number of nitrogens with one attached hydrogen (secondary N) is 1. The quantitative estimate of drug-likeness (QED) is 0.844. The van der Waals surface area contributed by atoms with Crippen molar-refractivity contribution in [2.45, 2.75) is 56.7 Å². The lowest BCUT2D eigenvalue weighted by atomic mass is 10.1. The second kappa shape index (κ2) is 6.16. The number of carbonyl (C=O) groups is 1. The Labute approximate surface area is 131 Å². The summed E-state index contributed by atoms with van der Waals surface area (Å²) in [6, 6.07) is 5.73. The first-order valence-electron chi connectivity index (χ1n) is 8.01. The maximum Gasteiger partial charge on any atom is 0.240 e. The van der Waals surface area contributed by atoms with Gasteiger partial charge in [-0.3, -0.25) is 4.79 Å². The van der Waals surface area contributed by atoms with Crippen LogP contribution in [0.1, 0.15) is 44.1 Å². The predicted octanol–water partition coefficient (Wildman–Crippen LogP) is 2.12. The highest BCUT2D eigenvalue weighted by molar-refractivity contribution is 5.88. The van der Waals surface area contributed by atoms with E-state index in [1.165, 1.54) is 12.8 Å². The molecule has 0 aliphatic heterocycles. The van der Waals surface area contributed by atoms with Gasteiger partial charge in [0.05, 0.1) is 18.8 Å². The van der Waals surface area contributed by atoms with E-state index in [-0.39, 0.29) is 12.0 Å². The molecule has 2 fully saturated rings. The number of benzene rings is 1. The van der Waals surface area contributed by atoms with E-state index in [1.807, 2.05) is 18.2 Å². The molecule has 2 saturated carbocycles. The van der Waals surface area contributed by atoms with Crippen LogP contribution in [-0.4, -0.2) is 24.7 Å². The molecule has 0 bridgehead atoms. The van der Waals surface area contributed by atoms with Gasteiger partial charge in [-0.2, -0.15) is 0 Å². The summed E-state index contributed by atoms with van der Waals surface area (Å²) < 4.78 is 11.4. The normalized spacial score (nSPS) is 19.7. The summed E-state index contributed by atoms with van der Waals surface area (Å²) in [5.74, 6) is 1.49. The number of nitrogens with two attached hydrogens (primary N) is 1. The Morgan fingerprint density at radius 3 is 2.73 bits per heavy atom. The fourth-order valence-corrected chi connectivity index (χ4v) is 2.82. The SMILES string of the molecule is COc1ccc(CNC(=O)C2(N)CC2)c(OC2CCCC2)c1. The zero-order valence-corrected chi connectivity index (χ0v) is 13.1. The molecular formula is C17H24N2O3. The fourth-order valence-electron chi connectivity index (χ4n) is 2.82. The van der Waals surface area contributed by atoms with Crippen molar-refractivity contribution >= 4 is 5.91 Å². The van der Waals surface area contributed by atoms with Crippen LogP contribution in [0.25, 0.3) is 0 Å². The predicted molar refractivity (Wildman–Crippen MR) is 83.9 cm³/mol. The van der Waals surface area contributed by atoms with Gasteiger partial charge in [0, 0.05) is 18.2 Å². The molecule has 0 saturated heterocycles. The van der Waals surface area contributed by atoms with Crippen molar-refractivity contribution in [3.8, 4) is 11.5 Å². The molecule has 0 aromatic heterocycles. The average Bonchev–Trinajstić information content (AvgIpc) is 3.08. The molecule has 0 heterocycles. The van der Waals surface area contributed by atoms with Gasteiger partial charge < -0.3 is 20.5 Å². The highest BCUT2D eigenvalue weighted by atomic mass is 16.5. The zero-order chi connectivity index (χ0) is 15.6. The largest absolute Gasteiger partial charge is 0.497 e. The summed E-state index contributed by atoms with van der Waals surface area (Å²) in [7, 11) is 1.64. The van der Waals surface area contributed by atoms with E-state index in [0.29, 0.717) is 6.54 Å². The van der Waals surface area contributed by atoms with Gasteiger partial charge in [0.2, 0.25) is 5.91 Å². The zero-order valence-electron chi connectivity index (χ0n) is 13.1. The van der Waals surface area contributed by atoms with E-state index < -0.39 is 5.54 Å². The Balaban J connectivity index is 1.69. The van der Waals surface area contributed by atoms with Crippen molar-refractivity contribution in [2.75, 3.05) is 7.11 Å². The molecule has 5 heteroatoms. The molecule has 1 aromatic rings. The van der Waals surface area contributed by atoms with Crippen molar-refractivity contribution in [1.29, 1.82) is 0 Å². The van der Waals surface area contributed by atoms with Crippen LogP contribution in [0.5, 0.6) is 11.5 Å². The van der Waals surface area contributed by atoms with Crippen molar-refractivity contribution in [1.82, 2.24) is 5.32 Å². The standard InChI is InChI=1S/C17H24N2O3/c1-21-14-7-6-12(11-19-16(20)17(18)8-9-17)15(10-14)22-13-4-2-3-5-13/h6-7,10,13H,2-5,8-9,11,18H2,1H3,(H,19,20). The molecule has 0 spiro atoms. The number of carbonyl (C=O) groups excluding carboxylic acids is 1. The van der Waals surface area contributed by atoms with Crippen LogP contribution in [0.3, 0.4) is 0 Å². The lowest BCUT2D eigenvalue weighted by Gasteiger charge is -2.18. The van der Waals surface area contributed by atoms with Gasteiger partial charge in [-0.05, 0) is 50.7 Å². The molecule has 5 nitrogen and oxygen atoms in total. The van der Waals surface area contributed by atoms with Crippen LogP contribution in [0, 0.1) is 0 Å². The van der Waals surface area contributed by atoms with Crippen molar-refractivity contribution < 1.29 is 14.3 Å². The molecule has 3 rings (SSSR count). The van der Waals surface area contributed by atoms with E-state index in [9.17, 15) is 4.79 Å². The Hall–Kier alpha value is -1.75. The van der Waals surface area contributed by atoms with Crippen LogP contribution < -0.4 is 20.5 Å². The summed E-state index contributed by atoms with van der Waals surface area (Å²) in [5, 5.41) is 2.92. The molecule has 2 aliphatic rings. The first-order chi connectivity index (χ1) is 10.6. The smallest absolute Gasteiger partial charge is 0.240 e. The van der Waals surface area contributed by atoms with Gasteiger partial charge in [-0.1, -0.05) is 0 Å². The third-order valence-corrected chi connectivity index (χ3v) is 4.55. The fraction of sp³-hybridized carbons (Fsp3) is 0.588. The first-order valence-corrected chi connectivity index (χ1v) is 8.01.